The van der Waals surface area contributed by atoms with Crippen molar-refractivity contribution in [2.75, 3.05) is 5.33 Å². The van der Waals surface area contributed by atoms with Crippen molar-refractivity contribution in [3.63, 3.8) is 0 Å². The second-order valence-electron chi connectivity index (χ2n) is 3.70. The second kappa shape index (κ2) is 13.8. The van der Waals surface area contributed by atoms with Crippen molar-refractivity contribution < 1.29 is 0 Å². The lowest BCUT2D eigenvalue weighted by molar-refractivity contribution is 0.724. The molecule has 0 saturated heterocycles. The Morgan fingerprint density at radius 2 is 1.60 bits per heavy atom. The van der Waals surface area contributed by atoms with E-state index in [9.17, 15) is 0 Å². The molecule has 0 heterocycles. The minimum Gasteiger partial charge on any atom is -0.102 e. The van der Waals surface area contributed by atoms with Gasteiger partial charge in [0.1, 0.15) is 0 Å². The molecule has 0 radical (unpaired) electrons. The first-order valence-electron chi connectivity index (χ1n) is 6.08. The Hall–Kier alpha value is -0.220. The lowest BCUT2D eigenvalue weighted by Crippen LogP contribution is -1.74. The highest BCUT2D eigenvalue weighted by Crippen LogP contribution is 2.03. The van der Waals surface area contributed by atoms with E-state index in [2.05, 4.69) is 46.8 Å². The summed E-state index contributed by atoms with van der Waals surface area (Å²) in [5.41, 5.74) is 0. The molecule has 0 atom stereocenters. The van der Waals surface area contributed by atoms with Crippen LogP contribution in [0.1, 0.15) is 58.3 Å². The van der Waals surface area contributed by atoms with Crippen molar-refractivity contribution in [1.29, 1.82) is 0 Å². The van der Waals surface area contributed by atoms with Crippen LogP contribution in [0, 0.1) is 11.8 Å². The monoisotopic (exact) mass is 270 g/mol. The summed E-state index contributed by atoms with van der Waals surface area (Å²) in [4.78, 5) is 0. The van der Waals surface area contributed by atoms with Crippen LogP contribution in [0.25, 0.3) is 0 Å². The standard InChI is InChI=1S/C14H23Br/c1-2-3-4-5-6-7-8-9-10-11-12-13-14-15/h6-7H,2-5,8-11,14H2,1H3/b7-6-. The smallest absolute Gasteiger partial charge is 0.0645 e. The molecule has 0 saturated carbocycles. The van der Waals surface area contributed by atoms with E-state index in [1.54, 1.807) is 0 Å². The van der Waals surface area contributed by atoms with E-state index < -0.39 is 0 Å². The normalized spacial score (nSPS) is 10.3. The Morgan fingerprint density at radius 1 is 0.933 bits per heavy atom. The Labute approximate surface area is 104 Å². The number of rotatable bonds is 8. The zero-order chi connectivity index (χ0) is 11.2. The molecule has 0 aromatic rings. The molecule has 0 unspecified atom stereocenters. The highest BCUT2D eigenvalue weighted by atomic mass is 79.9. The average molecular weight is 271 g/mol. The van der Waals surface area contributed by atoms with Crippen LogP contribution in [0.3, 0.4) is 0 Å². The third-order valence-corrected chi connectivity index (χ3v) is 2.54. The van der Waals surface area contributed by atoms with E-state index in [1.165, 1.54) is 44.9 Å². The molecule has 0 nitrogen and oxygen atoms in total. The lowest BCUT2D eigenvalue weighted by atomic mass is 10.1. The van der Waals surface area contributed by atoms with E-state index in [1.807, 2.05) is 0 Å². The first-order valence-corrected chi connectivity index (χ1v) is 7.20. The van der Waals surface area contributed by atoms with E-state index in [-0.39, 0.29) is 0 Å². The lowest BCUT2D eigenvalue weighted by Gasteiger charge is -1.93. The maximum atomic E-state index is 3.29. The maximum absolute atomic E-state index is 3.29. The van der Waals surface area contributed by atoms with Gasteiger partial charge in [-0.3, -0.25) is 0 Å². The predicted molar refractivity (Wildman–Crippen MR) is 73.3 cm³/mol. The van der Waals surface area contributed by atoms with Crippen LogP contribution < -0.4 is 0 Å². The molecular weight excluding hydrogens is 248 g/mol. The quantitative estimate of drug-likeness (QED) is 0.250. The van der Waals surface area contributed by atoms with Crippen LogP contribution >= 0.6 is 15.9 Å². The van der Waals surface area contributed by atoms with Gasteiger partial charge in [0.15, 0.2) is 0 Å². The van der Waals surface area contributed by atoms with Crippen LogP contribution in [-0.2, 0) is 0 Å². The predicted octanol–water partition coefficient (Wildman–Crippen LogP) is 5.08. The molecular formula is C14H23Br. The average Bonchev–Trinajstić information content (AvgIpc) is 2.26. The van der Waals surface area contributed by atoms with Gasteiger partial charge < -0.3 is 0 Å². The van der Waals surface area contributed by atoms with Gasteiger partial charge in [-0.25, -0.2) is 0 Å². The summed E-state index contributed by atoms with van der Waals surface area (Å²) < 4.78 is 0. The fourth-order valence-corrected chi connectivity index (χ4v) is 1.56. The Balaban J connectivity index is 3.09. The van der Waals surface area contributed by atoms with Crippen LogP contribution in [0.2, 0.25) is 0 Å². The van der Waals surface area contributed by atoms with E-state index >= 15 is 0 Å². The first-order chi connectivity index (χ1) is 7.41. The van der Waals surface area contributed by atoms with Gasteiger partial charge in [-0.1, -0.05) is 53.8 Å². The highest BCUT2D eigenvalue weighted by Gasteiger charge is 1.84. The van der Waals surface area contributed by atoms with Crippen LogP contribution in [-0.4, -0.2) is 5.33 Å². The molecule has 0 aliphatic heterocycles. The second-order valence-corrected chi connectivity index (χ2v) is 4.26. The number of unbranched alkanes of at least 4 members (excludes halogenated alkanes) is 6. The number of hydrogen-bond donors (Lipinski definition) is 0. The fraction of sp³-hybridized carbons (Fsp3) is 0.714. The van der Waals surface area contributed by atoms with Crippen molar-refractivity contribution in [3.8, 4) is 11.8 Å². The van der Waals surface area contributed by atoms with Crippen molar-refractivity contribution in [2.45, 2.75) is 58.3 Å². The number of halogens is 1. The SMILES string of the molecule is CCCCC/C=C\CCCCC#CCBr. The van der Waals surface area contributed by atoms with Gasteiger partial charge in [-0.2, -0.15) is 0 Å². The molecule has 15 heavy (non-hydrogen) atoms. The first kappa shape index (κ1) is 14.8. The van der Waals surface area contributed by atoms with Crippen LogP contribution in [0.5, 0.6) is 0 Å². The number of allylic oxidation sites excluding steroid dienone is 2. The topological polar surface area (TPSA) is 0 Å². The third kappa shape index (κ3) is 13.8. The van der Waals surface area contributed by atoms with Gasteiger partial charge in [0.2, 0.25) is 0 Å². The Bertz CT molecular complexity index is 195. The molecule has 0 aromatic heterocycles. The Kier molecular flexibility index (Phi) is 13.6. The van der Waals surface area contributed by atoms with Crippen molar-refractivity contribution in [3.05, 3.63) is 12.2 Å². The summed E-state index contributed by atoms with van der Waals surface area (Å²) >= 11 is 3.29. The minimum atomic E-state index is 0.810. The zero-order valence-corrected chi connectivity index (χ0v) is 11.5. The van der Waals surface area contributed by atoms with Crippen molar-refractivity contribution in [1.82, 2.24) is 0 Å². The molecule has 0 rings (SSSR count). The summed E-state index contributed by atoms with van der Waals surface area (Å²) in [6.45, 7) is 2.25. The van der Waals surface area contributed by atoms with Gasteiger partial charge in [-0.05, 0) is 32.1 Å². The van der Waals surface area contributed by atoms with Gasteiger partial charge in [0.05, 0.1) is 5.33 Å². The Morgan fingerprint density at radius 3 is 2.20 bits per heavy atom. The minimum absolute atomic E-state index is 0.810. The molecule has 0 spiro atoms. The van der Waals surface area contributed by atoms with Crippen LogP contribution in [0.4, 0.5) is 0 Å². The molecule has 0 aliphatic rings. The van der Waals surface area contributed by atoms with Crippen molar-refractivity contribution >= 4 is 15.9 Å². The number of alkyl halides is 1. The van der Waals surface area contributed by atoms with E-state index in [4.69, 9.17) is 0 Å². The van der Waals surface area contributed by atoms with Gasteiger partial charge in [0.25, 0.3) is 0 Å². The third-order valence-electron chi connectivity index (χ3n) is 2.26. The summed E-state index contributed by atoms with van der Waals surface area (Å²) in [6.07, 6.45) is 14.7. The molecule has 0 bridgehead atoms. The molecule has 0 N–H and O–H groups in total. The molecule has 1 heteroatoms. The maximum Gasteiger partial charge on any atom is 0.0645 e. The number of hydrogen-bond acceptors (Lipinski definition) is 0. The molecule has 86 valence electrons. The fourth-order valence-electron chi connectivity index (χ4n) is 1.36. The molecule has 0 fully saturated rings. The summed E-state index contributed by atoms with van der Waals surface area (Å²) in [5.74, 6) is 6.16. The summed E-state index contributed by atoms with van der Waals surface area (Å²) in [5, 5.41) is 0.810. The highest BCUT2D eigenvalue weighted by molar-refractivity contribution is 9.09. The van der Waals surface area contributed by atoms with Gasteiger partial charge in [-0.15, -0.1) is 5.92 Å². The summed E-state index contributed by atoms with van der Waals surface area (Å²) in [6, 6.07) is 0. The van der Waals surface area contributed by atoms with Crippen LogP contribution in [0.15, 0.2) is 12.2 Å². The van der Waals surface area contributed by atoms with E-state index in [0.717, 1.165) is 11.8 Å². The van der Waals surface area contributed by atoms with Gasteiger partial charge in [0, 0.05) is 6.42 Å². The largest absolute Gasteiger partial charge is 0.102 e. The van der Waals surface area contributed by atoms with E-state index in [0.29, 0.717) is 0 Å². The zero-order valence-electron chi connectivity index (χ0n) is 9.90. The molecule has 0 amide bonds. The summed E-state index contributed by atoms with van der Waals surface area (Å²) in [7, 11) is 0. The molecule has 0 aliphatic carbocycles. The van der Waals surface area contributed by atoms with Gasteiger partial charge >= 0.3 is 0 Å². The van der Waals surface area contributed by atoms with Crippen molar-refractivity contribution in [2.24, 2.45) is 0 Å². The molecule has 0 aromatic carbocycles.